The minimum atomic E-state index is 0.232. The third-order valence-electron chi connectivity index (χ3n) is 3.93. The van der Waals surface area contributed by atoms with Gasteiger partial charge in [-0.3, -0.25) is 11.3 Å². The van der Waals surface area contributed by atoms with E-state index in [-0.39, 0.29) is 12.1 Å². The van der Waals surface area contributed by atoms with E-state index in [1.807, 2.05) is 0 Å². The number of allylic oxidation sites excluding steroid dienone is 1. The van der Waals surface area contributed by atoms with Crippen molar-refractivity contribution in [3.05, 3.63) is 11.6 Å². The van der Waals surface area contributed by atoms with Gasteiger partial charge < -0.3 is 4.74 Å². The average molecular weight is 224 g/mol. The van der Waals surface area contributed by atoms with E-state index in [0.717, 1.165) is 13.0 Å². The smallest absolute Gasteiger partial charge is 0.0805 e. The van der Waals surface area contributed by atoms with Crippen LogP contribution in [-0.4, -0.2) is 18.8 Å². The summed E-state index contributed by atoms with van der Waals surface area (Å²) in [6.45, 7) is 3.15. The van der Waals surface area contributed by atoms with Crippen LogP contribution in [-0.2, 0) is 4.74 Å². The second-order valence-electron chi connectivity index (χ2n) is 5.12. The molecule has 0 saturated carbocycles. The minimum absolute atomic E-state index is 0.232. The van der Waals surface area contributed by atoms with Gasteiger partial charge in [0.2, 0.25) is 0 Å². The topological polar surface area (TPSA) is 47.3 Å². The summed E-state index contributed by atoms with van der Waals surface area (Å²) in [5.74, 6) is 6.34. The lowest BCUT2D eigenvalue weighted by atomic mass is 9.90. The first-order valence-corrected chi connectivity index (χ1v) is 6.59. The molecule has 2 aliphatic rings. The Bertz CT molecular complexity index is 252. The zero-order valence-corrected chi connectivity index (χ0v) is 10.2. The van der Waals surface area contributed by atoms with Crippen LogP contribution in [0, 0.1) is 5.92 Å². The minimum Gasteiger partial charge on any atom is -0.376 e. The van der Waals surface area contributed by atoms with E-state index in [0.29, 0.717) is 5.92 Å². The number of hydrazine groups is 1. The Morgan fingerprint density at radius 3 is 3.00 bits per heavy atom. The molecule has 0 aromatic rings. The third-order valence-corrected chi connectivity index (χ3v) is 3.93. The molecule has 92 valence electrons. The molecule has 0 bridgehead atoms. The number of hydrogen-bond donors (Lipinski definition) is 2. The second-order valence-corrected chi connectivity index (χ2v) is 5.12. The van der Waals surface area contributed by atoms with Gasteiger partial charge in [0.15, 0.2) is 0 Å². The molecule has 3 heteroatoms. The van der Waals surface area contributed by atoms with Crippen LogP contribution < -0.4 is 11.3 Å². The molecule has 0 amide bonds. The highest BCUT2D eigenvalue weighted by Crippen LogP contribution is 2.29. The fraction of sp³-hybridized carbons (Fsp3) is 0.846. The van der Waals surface area contributed by atoms with Crippen molar-refractivity contribution in [3.63, 3.8) is 0 Å². The lowest BCUT2D eigenvalue weighted by molar-refractivity contribution is 0.0702. The number of ether oxygens (including phenoxy) is 1. The van der Waals surface area contributed by atoms with Crippen molar-refractivity contribution in [2.75, 3.05) is 6.61 Å². The highest BCUT2D eigenvalue weighted by atomic mass is 16.5. The molecule has 0 aromatic carbocycles. The number of hydrogen-bond acceptors (Lipinski definition) is 3. The Balaban J connectivity index is 2.05. The summed E-state index contributed by atoms with van der Waals surface area (Å²) >= 11 is 0. The molecular formula is C13H24N2O. The highest BCUT2D eigenvalue weighted by molar-refractivity contribution is 5.15. The number of nitrogens with two attached hydrogens (primary N) is 1. The molecule has 3 atom stereocenters. The Morgan fingerprint density at radius 2 is 2.31 bits per heavy atom. The predicted molar refractivity (Wildman–Crippen MR) is 65.8 cm³/mol. The van der Waals surface area contributed by atoms with Gasteiger partial charge in [0.25, 0.3) is 0 Å². The van der Waals surface area contributed by atoms with Crippen LogP contribution in [0.1, 0.15) is 45.4 Å². The molecule has 0 radical (unpaired) electrons. The Labute approximate surface area is 98.4 Å². The Kier molecular flexibility index (Phi) is 4.38. The summed E-state index contributed by atoms with van der Waals surface area (Å²) in [5, 5.41) is 0. The molecule has 3 N–H and O–H groups in total. The number of nitrogens with one attached hydrogen (secondary N) is 1. The van der Waals surface area contributed by atoms with Crippen LogP contribution in [0.15, 0.2) is 11.6 Å². The monoisotopic (exact) mass is 224 g/mol. The molecular weight excluding hydrogens is 200 g/mol. The van der Waals surface area contributed by atoms with Gasteiger partial charge in [-0.2, -0.15) is 0 Å². The first-order valence-electron chi connectivity index (χ1n) is 6.59. The van der Waals surface area contributed by atoms with Crippen LogP contribution in [0.2, 0.25) is 0 Å². The zero-order valence-electron chi connectivity index (χ0n) is 10.2. The molecule has 0 aromatic heterocycles. The fourth-order valence-corrected chi connectivity index (χ4v) is 2.88. The van der Waals surface area contributed by atoms with Crippen molar-refractivity contribution in [1.82, 2.24) is 5.43 Å². The van der Waals surface area contributed by atoms with Gasteiger partial charge in [-0.05, 0) is 38.0 Å². The second kappa shape index (κ2) is 5.80. The fourth-order valence-electron chi connectivity index (χ4n) is 2.88. The first-order chi connectivity index (χ1) is 7.83. The molecule has 1 aliphatic carbocycles. The Hall–Kier alpha value is -0.380. The average Bonchev–Trinajstić information content (AvgIpc) is 2.57. The summed E-state index contributed by atoms with van der Waals surface area (Å²) in [5.41, 5.74) is 4.45. The number of rotatable bonds is 3. The maximum Gasteiger partial charge on any atom is 0.0805 e. The van der Waals surface area contributed by atoms with E-state index in [4.69, 9.17) is 10.6 Å². The van der Waals surface area contributed by atoms with Crippen LogP contribution in [0.4, 0.5) is 0 Å². The largest absolute Gasteiger partial charge is 0.376 e. The molecule has 1 saturated heterocycles. The van der Waals surface area contributed by atoms with Crippen LogP contribution in [0.5, 0.6) is 0 Å². The van der Waals surface area contributed by atoms with Crippen molar-refractivity contribution in [2.24, 2.45) is 11.8 Å². The van der Waals surface area contributed by atoms with Gasteiger partial charge in [-0.15, -0.1) is 0 Å². The quantitative estimate of drug-likeness (QED) is 0.438. The molecule has 3 unspecified atom stereocenters. The predicted octanol–water partition coefficient (Wildman–Crippen LogP) is 2.13. The first kappa shape index (κ1) is 12.1. The van der Waals surface area contributed by atoms with Crippen LogP contribution >= 0.6 is 0 Å². The summed E-state index contributed by atoms with van der Waals surface area (Å²) in [4.78, 5) is 0. The van der Waals surface area contributed by atoms with Crippen molar-refractivity contribution < 1.29 is 4.74 Å². The van der Waals surface area contributed by atoms with Gasteiger partial charge >= 0.3 is 0 Å². The van der Waals surface area contributed by atoms with Gasteiger partial charge in [0.1, 0.15) is 0 Å². The van der Waals surface area contributed by atoms with E-state index in [1.165, 1.54) is 37.7 Å². The van der Waals surface area contributed by atoms with Gasteiger partial charge in [-0.1, -0.05) is 25.0 Å². The standard InChI is InChI=1S/C13H24N2O/c1-10-8-9-16-13(10)12(15-14)11-6-4-2-3-5-7-11/h6,10,12-13,15H,2-5,7-9,14H2,1H3. The van der Waals surface area contributed by atoms with E-state index in [9.17, 15) is 0 Å². The summed E-state index contributed by atoms with van der Waals surface area (Å²) in [7, 11) is 0. The zero-order chi connectivity index (χ0) is 11.4. The molecule has 1 heterocycles. The summed E-state index contributed by atoms with van der Waals surface area (Å²) < 4.78 is 5.83. The van der Waals surface area contributed by atoms with E-state index in [2.05, 4.69) is 18.4 Å². The van der Waals surface area contributed by atoms with Gasteiger partial charge in [-0.25, -0.2) is 0 Å². The van der Waals surface area contributed by atoms with Crippen molar-refractivity contribution in [2.45, 2.75) is 57.6 Å². The molecule has 1 fully saturated rings. The van der Waals surface area contributed by atoms with Crippen LogP contribution in [0.3, 0.4) is 0 Å². The van der Waals surface area contributed by atoms with Crippen molar-refractivity contribution in [3.8, 4) is 0 Å². The molecule has 1 aliphatic heterocycles. The van der Waals surface area contributed by atoms with Gasteiger partial charge in [0, 0.05) is 6.61 Å². The van der Waals surface area contributed by atoms with Crippen LogP contribution in [0.25, 0.3) is 0 Å². The normalized spacial score (nSPS) is 33.2. The molecule has 0 spiro atoms. The molecule has 3 nitrogen and oxygen atoms in total. The van der Waals surface area contributed by atoms with E-state index in [1.54, 1.807) is 0 Å². The highest BCUT2D eigenvalue weighted by Gasteiger charge is 2.33. The molecule has 2 rings (SSSR count). The lowest BCUT2D eigenvalue weighted by Crippen LogP contribution is -2.47. The molecule has 16 heavy (non-hydrogen) atoms. The Morgan fingerprint density at radius 1 is 1.44 bits per heavy atom. The third kappa shape index (κ3) is 2.65. The van der Waals surface area contributed by atoms with Gasteiger partial charge in [0.05, 0.1) is 12.1 Å². The lowest BCUT2D eigenvalue weighted by Gasteiger charge is -2.27. The SMILES string of the molecule is CC1CCOC1C(NN)C1=CCCCCC1. The summed E-state index contributed by atoms with van der Waals surface area (Å²) in [6, 6.07) is 0.232. The van der Waals surface area contributed by atoms with E-state index < -0.39 is 0 Å². The van der Waals surface area contributed by atoms with E-state index >= 15 is 0 Å². The van der Waals surface area contributed by atoms with Crippen molar-refractivity contribution in [1.29, 1.82) is 0 Å². The van der Waals surface area contributed by atoms with Crippen molar-refractivity contribution >= 4 is 0 Å². The maximum absolute atomic E-state index is 5.83. The summed E-state index contributed by atoms with van der Waals surface area (Å²) in [6.07, 6.45) is 10.2. The maximum atomic E-state index is 5.83.